The van der Waals surface area contributed by atoms with Crippen molar-refractivity contribution in [3.8, 4) is 11.1 Å². The molecule has 0 aliphatic heterocycles. The summed E-state index contributed by atoms with van der Waals surface area (Å²) in [5.74, 6) is -2.33. The number of aromatic carboxylic acids is 1. The highest BCUT2D eigenvalue weighted by Crippen LogP contribution is 2.31. The van der Waals surface area contributed by atoms with Crippen LogP contribution >= 0.6 is 11.6 Å². The fourth-order valence-corrected chi connectivity index (χ4v) is 1.84. The lowest BCUT2D eigenvalue weighted by Gasteiger charge is -2.07. The number of halogens is 3. The molecule has 0 spiro atoms. The second-order valence-electron chi connectivity index (χ2n) is 3.62. The van der Waals surface area contributed by atoms with E-state index in [1.165, 1.54) is 6.07 Å². The Morgan fingerprint density at radius 2 is 1.78 bits per heavy atom. The summed E-state index contributed by atoms with van der Waals surface area (Å²) in [7, 11) is 0. The summed E-state index contributed by atoms with van der Waals surface area (Å²) >= 11 is 5.81. The van der Waals surface area contributed by atoms with Crippen molar-refractivity contribution in [2.75, 3.05) is 0 Å². The smallest absolute Gasteiger partial charge is 0.335 e. The number of carboxylic acid groups (broad SMARTS) is 1. The van der Waals surface area contributed by atoms with E-state index in [-0.39, 0.29) is 21.7 Å². The lowest BCUT2D eigenvalue weighted by atomic mass is 10.0. The second kappa shape index (κ2) is 4.74. The molecule has 2 nitrogen and oxygen atoms in total. The van der Waals surface area contributed by atoms with Crippen LogP contribution in [0.1, 0.15) is 10.4 Å². The van der Waals surface area contributed by atoms with Crippen LogP contribution in [0, 0.1) is 11.6 Å². The summed E-state index contributed by atoms with van der Waals surface area (Å²) in [6, 6.07) is 6.84. The third-order valence-electron chi connectivity index (χ3n) is 2.43. The first-order valence-electron chi connectivity index (χ1n) is 4.97. The summed E-state index contributed by atoms with van der Waals surface area (Å²) in [4.78, 5) is 10.8. The summed E-state index contributed by atoms with van der Waals surface area (Å²) in [5.41, 5.74) is 0.213. The lowest BCUT2D eigenvalue weighted by molar-refractivity contribution is 0.0697. The highest BCUT2D eigenvalue weighted by atomic mass is 35.5. The maximum absolute atomic E-state index is 13.7. The van der Waals surface area contributed by atoms with Gasteiger partial charge in [0.15, 0.2) is 0 Å². The molecule has 18 heavy (non-hydrogen) atoms. The molecule has 2 aromatic rings. The molecule has 2 rings (SSSR count). The van der Waals surface area contributed by atoms with Gasteiger partial charge in [-0.05, 0) is 36.4 Å². The van der Waals surface area contributed by atoms with Gasteiger partial charge in [0.2, 0.25) is 0 Å². The van der Waals surface area contributed by atoms with Crippen LogP contribution in [0.4, 0.5) is 8.78 Å². The van der Waals surface area contributed by atoms with Gasteiger partial charge >= 0.3 is 5.97 Å². The highest BCUT2D eigenvalue weighted by Gasteiger charge is 2.13. The quantitative estimate of drug-likeness (QED) is 0.894. The third kappa shape index (κ3) is 2.33. The van der Waals surface area contributed by atoms with E-state index in [9.17, 15) is 13.6 Å². The fraction of sp³-hybridized carbons (Fsp3) is 0. The average Bonchev–Trinajstić information content (AvgIpc) is 2.30. The van der Waals surface area contributed by atoms with Crippen LogP contribution in [-0.2, 0) is 0 Å². The van der Waals surface area contributed by atoms with Gasteiger partial charge in [-0.3, -0.25) is 0 Å². The maximum atomic E-state index is 13.7. The van der Waals surface area contributed by atoms with Crippen molar-refractivity contribution < 1.29 is 18.7 Å². The molecule has 0 amide bonds. The first-order chi connectivity index (χ1) is 8.49. The molecule has 0 saturated carbocycles. The van der Waals surface area contributed by atoms with E-state index >= 15 is 0 Å². The molecule has 92 valence electrons. The molecule has 0 unspecified atom stereocenters. The van der Waals surface area contributed by atoms with Gasteiger partial charge in [-0.25, -0.2) is 13.6 Å². The monoisotopic (exact) mass is 268 g/mol. The van der Waals surface area contributed by atoms with Crippen molar-refractivity contribution in [2.24, 2.45) is 0 Å². The standard InChI is InChI=1S/C13H7ClF2O2/c14-11-6-8(15)2-3-9(11)10-5-7(13(17)18)1-4-12(10)16/h1-6H,(H,17,18). The van der Waals surface area contributed by atoms with E-state index in [0.717, 1.165) is 30.3 Å². The van der Waals surface area contributed by atoms with Crippen molar-refractivity contribution in [1.29, 1.82) is 0 Å². The molecule has 0 heterocycles. The molecule has 2 aromatic carbocycles. The van der Waals surface area contributed by atoms with Crippen LogP contribution in [0.3, 0.4) is 0 Å². The Morgan fingerprint density at radius 1 is 1.06 bits per heavy atom. The lowest BCUT2D eigenvalue weighted by Crippen LogP contribution is -1.98. The minimum absolute atomic E-state index is 0.0245. The van der Waals surface area contributed by atoms with Crippen LogP contribution < -0.4 is 0 Å². The van der Waals surface area contributed by atoms with Crippen LogP contribution in [0.15, 0.2) is 36.4 Å². The second-order valence-corrected chi connectivity index (χ2v) is 4.03. The zero-order chi connectivity index (χ0) is 13.3. The topological polar surface area (TPSA) is 37.3 Å². The van der Waals surface area contributed by atoms with Crippen LogP contribution in [0.5, 0.6) is 0 Å². The molecule has 1 N–H and O–H groups in total. The molecule has 0 saturated heterocycles. The van der Waals surface area contributed by atoms with E-state index < -0.39 is 17.6 Å². The number of carboxylic acids is 1. The molecular formula is C13H7ClF2O2. The van der Waals surface area contributed by atoms with E-state index in [1.807, 2.05) is 0 Å². The maximum Gasteiger partial charge on any atom is 0.335 e. The predicted molar refractivity (Wildman–Crippen MR) is 63.8 cm³/mol. The molecule has 0 bridgehead atoms. The van der Waals surface area contributed by atoms with E-state index in [0.29, 0.717) is 0 Å². The van der Waals surface area contributed by atoms with Crippen molar-refractivity contribution >= 4 is 17.6 Å². The Kier molecular flexibility index (Phi) is 3.30. The van der Waals surface area contributed by atoms with Gasteiger partial charge < -0.3 is 5.11 Å². The van der Waals surface area contributed by atoms with Crippen LogP contribution in [0.25, 0.3) is 11.1 Å². The minimum Gasteiger partial charge on any atom is -0.478 e. The largest absolute Gasteiger partial charge is 0.478 e. The Labute approximate surface area is 106 Å². The van der Waals surface area contributed by atoms with Gasteiger partial charge in [-0.15, -0.1) is 0 Å². The molecule has 0 atom stereocenters. The predicted octanol–water partition coefficient (Wildman–Crippen LogP) is 3.98. The molecule has 0 fully saturated rings. The number of carbonyl (C=O) groups is 1. The third-order valence-corrected chi connectivity index (χ3v) is 2.75. The van der Waals surface area contributed by atoms with Gasteiger partial charge in [0.25, 0.3) is 0 Å². The minimum atomic E-state index is -1.17. The van der Waals surface area contributed by atoms with Gasteiger partial charge in [0, 0.05) is 11.1 Å². The fourth-order valence-electron chi connectivity index (χ4n) is 1.57. The van der Waals surface area contributed by atoms with Crippen molar-refractivity contribution in [1.82, 2.24) is 0 Å². The Hall–Kier alpha value is -1.94. The highest BCUT2D eigenvalue weighted by molar-refractivity contribution is 6.33. The van der Waals surface area contributed by atoms with Gasteiger partial charge in [0.05, 0.1) is 10.6 Å². The summed E-state index contributed by atoms with van der Waals surface area (Å²) in [6.45, 7) is 0. The molecule has 0 aliphatic carbocycles. The average molecular weight is 269 g/mol. The molecule has 0 aliphatic rings. The molecular weight excluding hydrogens is 262 g/mol. The van der Waals surface area contributed by atoms with Crippen LogP contribution in [0.2, 0.25) is 5.02 Å². The van der Waals surface area contributed by atoms with E-state index in [2.05, 4.69) is 0 Å². The Balaban J connectivity index is 2.62. The van der Waals surface area contributed by atoms with Crippen molar-refractivity contribution in [3.05, 3.63) is 58.6 Å². The number of benzene rings is 2. The molecule has 0 aromatic heterocycles. The SMILES string of the molecule is O=C(O)c1ccc(F)c(-c2ccc(F)cc2Cl)c1. The number of hydrogen-bond donors (Lipinski definition) is 1. The van der Waals surface area contributed by atoms with Gasteiger partial charge in [-0.1, -0.05) is 11.6 Å². The first-order valence-corrected chi connectivity index (χ1v) is 5.35. The Bertz CT molecular complexity index is 626. The first kappa shape index (κ1) is 12.5. The number of hydrogen-bond acceptors (Lipinski definition) is 1. The zero-order valence-corrected chi connectivity index (χ0v) is 9.71. The van der Waals surface area contributed by atoms with E-state index in [1.54, 1.807) is 0 Å². The van der Waals surface area contributed by atoms with Crippen molar-refractivity contribution in [2.45, 2.75) is 0 Å². The Morgan fingerprint density at radius 3 is 2.39 bits per heavy atom. The van der Waals surface area contributed by atoms with Crippen LogP contribution in [-0.4, -0.2) is 11.1 Å². The molecule has 0 radical (unpaired) electrons. The molecule has 5 heteroatoms. The summed E-state index contributed by atoms with van der Waals surface area (Å²) in [5, 5.41) is 8.87. The van der Waals surface area contributed by atoms with Crippen molar-refractivity contribution in [3.63, 3.8) is 0 Å². The normalized spacial score (nSPS) is 10.4. The van der Waals surface area contributed by atoms with E-state index in [4.69, 9.17) is 16.7 Å². The summed E-state index contributed by atoms with van der Waals surface area (Å²) in [6.07, 6.45) is 0. The summed E-state index contributed by atoms with van der Waals surface area (Å²) < 4.78 is 26.6. The zero-order valence-electron chi connectivity index (χ0n) is 8.95. The number of rotatable bonds is 2. The van der Waals surface area contributed by atoms with Gasteiger partial charge in [-0.2, -0.15) is 0 Å². The van der Waals surface area contributed by atoms with Gasteiger partial charge in [0.1, 0.15) is 11.6 Å².